The first-order valence-corrected chi connectivity index (χ1v) is 6.83. The van der Waals surface area contributed by atoms with Crippen LogP contribution in [-0.4, -0.2) is 4.98 Å². The molecule has 0 saturated carbocycles. The first-order chi connectivity index (χ1) is 8.52. The summed E-state index contributed by atoms with van der Waals surface area (Å²) in [5, 5.41) is 9.96. The second-order valence-electron chi connectivity index (χ2n) is 4.77. The Kier molecular flexibility index (Phi) is 3.49. The fourth-order valence-electron chi connectivity index (χ4n) is 1.84. The van der Waals surface area contributed by atoms with Gasteiger partial charge in [0.1, 0.15) is 16.0 Å². The molecule has 0 unspecified atom stereocenters. The number of rotatable bonds is 2. The highest BCUT2D eigenvalue weighted by molar-refractivity contribution is 7.15. The van der Waals surface area contributed by atoms with Gasteiger partial charge in [-0.3, -0.25) is 0 Å². The smallest absolute Gasteiger partial charge is 0.128 e. The van der Waals surface area contributed by atoms with Crippen LogP contribution in [0, 0.1) is 25.2 Å². The van der Waals surface area contributed by atoms with E-state index in [4.69, 9.17) is 5.26 Å². The minimum Gasteiger partial charge on any atom is -0.240 e. The average molecular weight is 256 g/mol. The maximum Gasteiger partial charge on any atom is 0.128 e. The van der Waals surface area contributed by atoms with E-state index in [-0.39, 0.29) is 0 Å². The lowest BCUT2D eigenvalue weighted by molar-refractivity contribution is 0.866. The Balaban J connectivity index is 2.56. The minimum atomic E-state index is 0.501. The van der Waals surface area contributed by atoms with Crippen LogP contribution in [-0.2, 0) is 0 Å². The number of nitrogens with zero attached hydrogens (tertiary/aromatic N) is 2. The van der Waals surface area contributed by atoms with E-state index in [1.54, 1.807) is 0 Å². The zero-order valence-electron chi connectivity index (χ0n) is 11.1. The number of benzene rings is 1. The quantitative estimate of drug-likeness (QED) is 0.797. The third-order valence-corrected chi connectivity index (χ3v) is 4.15. The molecule has 0 saturated heterocycles. The van der Waals surface area contributed by atoms with Gasteiger partial charge >= 0.3 is 0 Å². The largest absolute Gasteiger partial charge is 0.240 e. The van der Waals surface area contributed by atoms with Crippen LogP contribution in [0.15, 0.2) is 18.2 Å². The minimum absolute atomic E-state index is 0.501. The van der Waals surface area contributed by atoms with E-state index in [9.17, 15) is 0 Å². The lowest BCUT2D eigenvalue weighted by atomic mass is 9.98. The monoisotopic (exact) mass is 256 g/mol. The van der Waals surface area contributed by atoms with Gasteiger partial charge in [-0.1, -0.05) is 26.0 Å². The van der Waals surface area contributed by atoms with Crippen LogP contribution in [0.2, 0.25) is 0 Å². The molecule has 0 aliphatic carbocycles. The molecule has 2 nitrogen and oxygen atoms in total. The van der Waals surface area contributed by atoms with Crippen LogP contribution in [0.3, 0.4) is 0 Å². The highest BCUT2D eigenvalue weighted by Gasteiger charge is 2.12. The molecule has 0 radical (unpaired) electrons. The van der Waals surface area contributed by atoms with Crippen molar-refractivity contribution in [1.82, 2.24) is 4.98 Å². The average Bonchev–Trinajstić information content (AvgIpc) is 2.70. The summed E-state index contributed by atoms with van der Waals surface area (Å²) in [6, 6.07) is 8.69. The van der Waals surface area contributed by atoms with Crippen molar-refractivity contribution in [2.24, 2.45) is 0 Å². The summed E-state index contributed by atoms with van der Waals surface area (Å²) in [5.41, 5.74) is 4.49. The van der Waals surface area contributed by atoms with Gasteiger partial charge in [0, 0.05) is 5.56 Å². The van der Waals surface area contributed by atoms with Gasteiger partial charge in [-0.05, 0) is 37.0 Å². The second kappa shape index (κ2) is 4.91. The predicted molar refractivity (Wildman–Crippen MR) is 75.8 cm³/mol. The molecule has 3 heteroatoms. The molecule has 0 fully saturated rings. The van der Waals surface area contributed by atoms with Crippen LogP contribution < -0.4 is 0 Å². The standard InChI is InChI=1S/C15H16N2S/c1-9(2)12-6-5-10(3)13(7-12)15-17-11(4)14(8-16)18-15/h5-7,9H,1-4H3. The summed E-state index contributed by atoms with van der Waals surface area (Å²) in [7, 11) is 0. The summed E-state index contributed by atoms with van der Waals surface area (Å²) in [5.74, 6) is 0.501. The van der Waals surface area contributed by atoms with Crippen molar-refractivity contribution in [1.29, 1.82) is 5.26 Å². The van der Waals surface area contributed by atoms with Crippen LogP contribution in [0.5, 0.6) is 0 Å². The molecule has 0 N–H and O–H groups in total. The molecule has 0 aliphatic rings. The Morgan fingerprint density at radius 2 is 2.00 bits per heavy atom. The zero-order chi connectivity index (χ0) is 13.3. The molecule has 2 aromatic rings. The van der Waals surface area contributed by atoms with E-state index in [2.05, 4.69) is 50.0 Å². The van der Waals surface area contributed by atoms with Gasteiger partial charge in [0.2, 0.25) is 0 Å². The molecule has 1 aromatic heterocycles. The maximum absolute atomic E-state index is 9.01. The molecule has 0 aliphatic heterocycles. The third-order valence-electron chi connectivity index (χ3n) is 3.06. The Labute approximate surface area is 112 Å². The van der Waals surface area contributed by atoms with E-state index >= 15 is 0 Å². The summed E-state index contributed by atoms with van der Waals surface area (Å²) in [4.78, 5) is 5.22. The van der Waals surface area contributed by atoms with E-state index in [0.717, 1.165) is 16.3 Å². The van der Waals surface area contributed by atoms with Gasteiger partial charge in [-0.15, -0.1) is 11.3 Å². The number of aryl methyl sites for hydroxylation is 2. The summed E-state index contributed by atoms with van der Waals surface area (Å²) in [6.45, 7) is 8.34. The molecule has 0 bridgehead atoms. The highest BCUT2D eigenvalue weighted by atomic mass is 32.1. The molecule has 1 aromatic carbocycles. The molecule has 2 rings (SSSR count). The van der Waals surface area contributed by atoms with Gasteiger partial charge in [0.25, 0.3) is 0 Å². The van der Waals surface area contributed by atoms with Crippen LogP contribution in [0.4, 0.5) is 0 Å². The molecule has 18 heavy (non-hydrogen) atoms. The van der Waals surface area contributed by atoms with Crippen molar-refractivity contribution in [2.75, 3.05) is 0 Å². The molecular weight excluding hydrogens is 240 g/mol. The molecule has 0 atom stereocenters. The lowest BCUT2D eigenvalue weighted by Gasteiger charge is -2.09. The molecule has 0 amide bonds. The number of hydrogen-bond donors (Lipinski definition) is 0. The first-order valence-electron chi connectivity index (χ1n) is 6.01. The van der Waals surface area contributed by atoms with Gasteiger partial charge in [0.05, 0.1) is 5.69 Å². The Bertz CT molecular complexity index is 618. The van der Waals surface area contributed by atoms with E-state index in [1.165, 1.54) is 22.5 Å². The van der Waals surface area contributed by atoms with Crippen LogP contribution in [0.1, 0.15) is 41.5 Å². The van der Waals surface area contributed by atoms with Crippen LogP contribution >= 0.6 is 11.3 Å². The van der Waals surface area contributed by atoms with Gasteiger partial charge < -0.3 is 0 Å². The van der Waals surface area contributed by atoms with E-state index in [1.807, 2.05) is 6.92 Å². The number of thiazole rings is 1. The first kappa shape index (κ1) is 12.8. The lowest BCUT2D eigenvalue weighted by Crippen LogP contribution is -1.90. The van der Waals surface area contributed by atoms with E-state index < -0.39 is 0 Å². The van der Waals surface area contributed by atoms with Gasteiger partial charge in [0.15, 0.2) is 0 Å². The van der Waals surface area contributed by atoms with Crippen LogP contribution in [0.25, 0.3) is 10.6 Å². The van der Waals surface area contributed by atoms with Crippen molar-refractivity contribution < 1.29 is 0 Å². The molecule has 92 valence electrons. The Hall–Kier alpha value is -1.66. The summed E-state index contributed by atoms with van der Waals surface area (Å²) >= 11 is 1.47. The fourth-order valence-corrected chi connectivity index (χ4v) is 2.79. The van der Waals surface area contributed by atoms with Crippen molar-refractivity contribution in [3.63, 3.8) is 0 Å². The van der Waals surface area contributed by atoms with Crippen molar-refractivity contribution >= 4 is 11.3 Å². The summed E-state index contributed by atoms with van der Waals surface area (Å²) in [6.07, 6.45) is 0. The van der Waals surface area contributed by atoms with Gasteiger partial charge in [-0.2, -0.15) is 5.26 Å². The highest BCUT2D eigenvalue weighted by Crippen LogP contribution is 2.31. The zero-order valence-corrected chi connectivity index (χ0v) is 11.9. The number of aromatic nitrogens is 1. The predicted octanol–water partition coefficient (Wildman–Crippen LogP) is 4.42. The van der Waals surface area contributed by atoms with Crippen molar-refractivity contribution in [3.8, 4) is 16.6 Å². The van der Waals surface area contributed by atoms with Crippen molar-refractivity contribution in [2.45, 2.75) is 33.6 Å². The second-order valence-corrected chi connectivity index (χ2v) is 5.77. The third kappa shape index (κ3) is 2.30. The van der Waals surface area contributed by atoms with Crippen molar-refractivity contribution in [3.05, 3.63) is 39.9 Å². The fraction of sp³-hybridized carbons (Fsp3) is 0.333. The number of hydrogen-bond acceptors (Lipinski definition) is 3. The van der Waals surface area contributed by atoms with E-state index in [0.29, 0.717) is 10.8 Å². The summed E-state index contributed by atoms with van der Waals surface area (Å²) < 4.78 is 0. The topological polar surface area (TPSA) is 36.7 Å². The normalized spacial score (nSPS) is 10.7. The Morgan fingerprint density at radius 1 is 1.28 bits per heavy atom. The molecule has 1 heterocycles. The molecule has 0 spiro atoms. The maximum atomic E-state index is 9.01. The number of nitriles is 1. The SMILES string of the molecule is Cc1ccc(C(C)C)cc1-c1nc(C)c(C#N)s1. The Morgan fingerprint density at radius 3 is 2.56 bits per heavy atom. The van der Waals surface area contributed by atoms with Gasteiger partial charge in [-0.25, -0.2) is 4.98 Å². The molecular formula is C15H16N2S.